The molecule has 86 valence electrons. The summed E-state index contributed by atoms with van der Waals surface area (Å²) in [6.45, 7) is 0.574. The van der Waals surface area contributed by atoms with Crippen LogP contribution in [0.4, 0.5) is 8.78 Å². The van der Waals surface area contributed by atoms with E-state index < -0.39 is 11.6 Å². The van der Waals surface area contributed by atoms with Crippen molar-refractivity contribution in [2.75, 3.05) is 6.54 Å². The first-order valence-corrected chi connectivity index (χ1v) is 5.28. The van der Waals surface area contributed by atoms with E-state index in [0.717, 1.165) is 18.9 Å². The van der Waals surface area contributed by atoms with E-state index in [9.17, 15) is 8.78 Å². The Hall–Kier alpha value is -1.42. The number of hydrogen-bond acceptors (Lipinski definition) is 2. The minimum atomic E-state index is -0.580. The SMILES string of the molecule is NCCCCc1c(F)cc(F)c2ccoc12. The van der Waals surface area contributed by atoms with Crippen molar-refractivity contribution in [1.82, 2.24) is 0 Å². The van der Waals surface area contributed by atoms with Gasteiger partial charge >= 0.3 is 0 Å². The van der Waals surface area contributed by atoms with Crippen LogP contribution in [0.3, 0.4) is 0 Å². The van der Waals surface area contributed by atoms with Gasteiger partial charge in [0.2, 0.25) is 0 Å². The molecular weight excluding hydrogens is 212 g/mol. The van der Waals surface area contributed by atoms with Crippen LogP contribution in [-0.2, 0) is 6.42 Å². The van der Waals surface area contributed by atoms with Gasteiger partial charge in [-0.15, -0.1) is 0 Å². The molecule has 0 aliphatic rings. The molecule has 0 spiro atoms. The third-order valence-corrected chi connectivity index (χ3v) is 2.62. The molecule has 2 nitrogen and oxygen atoms in total. The minimum Gasteiger partial charge on any atom is -0.464 e. The van der Waals surface area contributed by atoms with Crippen molar-refractivity contribution < 1.29 is 13.2 Å². The number of hydrogen-bond donors (Lipinski definition) is 1. The van der Waals surface area contributed by atoms with Crippen LogP contribution in [0.2, 0.25) is 0 Å². The van der Waals surface area contributed by atoms with E-state index in [4.69, 9.17) is 10.2 Å². The number of furan rings is 1. The number of nitrogens with two attached hydrogens (primary N) is 1. The molecule has 1 aromatic heterocycles. The summed E-state index contributed by atoms with van der Waals surface area (Å²) in [7, 11) is 0. The minimum absolute atomic E-state index is 0.314. The summed E-state index contributed by atoms with van der Waals surface area (Å²) in [5.74, 6) is -1.12. The van der Waals surface area contributed by atoms with Gasteiger partial charge in [0.15, 0.2) is 0 Å². The Morgan fingerprint density at radius 2 is 2.00 bits per heavy atom. The molecule has 0 aliphatic carbocycles. The zero-order chi connectivity index (χ0) is 11.5. The lowest BCUT2D eigenvalue weighted by Gasteiger charge is -2.04. The van der Waals surface area contributed by atoms with E-state index in [1.54, 1.807) is 0 Å². The van der Waals surface area contributed by atoms with E-state index in [1.807, 2.05) is 0 Å². The van der Waals surface area contributed by atoms with Crippen LogP contribution in [0.1, 0.15) is 18.4 Å². The smallest absolute Gasteiger partial charge is 0.142 e. The lowest BCUT2D eigenvalue weighted by atomic mass is 10.0. The second kappa shape index (κ2) is 4.61. The molecule has 0 amide bonds. The zero-order valence-corrected chi connectivity index (χ0v) is 8.80. The van der Waals surface area contributed by atoms with Gasteiger partial charge in [-0.2, -0.15) is 0 Å². The number of unbranched alkanes of at least 4 members (excludes halogenated alkanes) is 1. The van der Waals surface area contributed by atoms with Crippen LogP contribution in [-0.4, -0.2) is 6.54 Å². The molecule has 2 N–H and O–H groups in total. The third kappa shape index (κ3) is 1.93. The van der Waals surface area contributed by atoms with Crippen LogP contribution < -0.4 is 5.73 Å². The zero-order valence-electron chi connectivity index (χ0n) is 8.80. The quantitative estimate of drug-likeness (QED) is 0.812. The fourth-order valence-electron chi connectivity index (χ4n) is 1.79. The molecule has 2 aromatic rings. The van der Waals surface area contributed by atoms with Crippen LogP contribution in [0.15, 0.2) is 22.8 Å². The third-order valence-electron chi connectivity index (χ3n) is 2.62. The van der Waals surface area contributed by atoms with Crippen molar-refractivity contribution in [1.29, 1.82) is 0 Å². The van der Waals surface area contributed by atoms with Gasteiger partial charge < -0.3 is 10.2 Å². The van der Waals surface area contributed by atoms with E-state index >= 15 is 0 Å². The standard InChI is InChI=1S/C12H13F2NO/c13-10-7-11(14)9-4-6-16-12(9)8(10)3-1-2-5-15/h4,6-7H,1-3,5,15H2. The molecule has 0 saturated heterocycles. The van der Waals surface area contributed by atoms with E-state index in [1.165, 1.54) is 12.3 Å². The molecule has 1 heterocycles. The average Bonchev–Trinajstić information content (AvgIpc) is 2.72. The maximum Gasteiger partial charge on any atom is 0.142 e. The monoisotopic (exact) mass is 225 g/mol. The Bertz CT molecular complexity index is 493. The van der Waals surface area contributed by atoms with E-state index in [-0.39, 0.29) is 0 Å². The molecule has 1 aromatic carbocycles. The molecule has 0 atom stereocenters. The average molecular weight is 225 g/mol. The first-order chi connectivity index (χ1) is 7.74. The number of fused-ring (bicyclic) bond motifs is 1. The highest BCUT2D eigenvalue weighted by atomic mass is 19.1. The van der Waals surface area contributed by atoms with Gasteiger partial charge in [-0.1, -0.05) is 0 Å². The summed E-state index contributed by atoms with van der Waals surface area (Å²) in [4.78, 5) is 0. The van der Waals surface area contributed by atoms with Crippen molar-refractivity contribution in [3.63, 3.8) is 0 Å². The van der Waals surface area contributed by atoms with Gasteiger partial charge in [0, 0.05) is 11.6 Å². The van der Waals surface area contributed by atoms with Gasteiger partial charge in [0.1, 0.15) is 17.2 Å². The van der Waals surface area contributed by atoms with Crippen LogP contribution in [0, 0.1) is 11.6 Å². The summed E-state index contributed by atoms with van der Waals surface area (Å²) < 4.78 is 32.0. The topological polar surface area (TPSA) is 39.2 Å². The van der Waals surface area contributed by atoms with Gasteiger partial charge in [0.25, 0.3) is 0 Å². The largest absolute Gasteiger partial charge is 0.464 e. The van der Waals surface area contributed by atoms with Gasteiger partial charge in [-0.3, -0.25) is 0 Å². The lowest BCUT2D eigenvalue weighted by Crippen LogP contribution is -2.00. The maximum atomic E-state index is 13.6. The van der Waals surface area contributed by atoms with Gasteiger partial charge in [-0.05, 0) is 31.9 Å². The summed E-state index contributed by atoms with van der Waals surface area (Å²) in [5.41, 5.74) is 6.12. The fourth-order valence-corrected chi connectivity index (χ4v) is 1.79. The van der Waals surface area contributed by atoms with E-state index in [2.05, 4.69) is 0 Å². The molecule has 2 rings (SSSR count). The predicted molar refractivity (Wildman–Crippen MR) is 58.1 cm³/mol. The second-order valence-corrected chi connectivity index (χ2v) is 3.73. The number of rotatable bonds is 4. The first-order valence-electron chi connectivity index (χ1n) is 5.28. The Balaban J connectivity index is 2.38. The van der Waals surface area contributed by atoms with Gasteiger partial charge in [0.05, 0.1) is 11.6 Å². The lowest BCUT2D eigenvalue weighted by molar-refractivity contribution is 0.557. The molecule has 0 fully saturated rings. The first kappa shape index (κ1) is 11.1. The molecule has 0 radical (unpaired) electrons. The molecular formula is C12H13F2NO. The van der Waals surface area contributed by atoms with Crippen LogP contribution in [0.5, 0.6) is 0 Å². The summed E-state index contributed by atoms with van der Waals surface area (Å²) in [6, 6.07) is 2.42. The van der Waals surface area contributed by atoms with Crippen molar-refractivity contribution >= 4 is 11.0 Å². The fraction of sp³-hybridized carbons (Fsp3) is 0.333. The maximum absolute atomic E-state index is 13.6. The number of halogens is 2. The Morgan fingerprint density at radius 1 is 1.19 bits per heavy atom. The van der Waals surface area contributed by atoms with Crippen molar-refractivity contribution in [3.8, 4) is 0 Å². The van der Waals surface area contributed by atoms with Crippen LogP contribution >= 0.6 is 0 Å². The summed E-state index contributed by atoms with van der Waals surface area (Å²) in [5, 5.41) is 0.337. The van der Waals surface area contributed by atoms with Crippen molar-refractivity contribution in [3.05, 3.63) is 35.6 Å². The highest BCUT2D eigenvalue weighted by Gasteiger charge is 2.14. The molecule has 0 saturated carbocycles. The number of benzene rings is 1. The molecule has 0 unspecified atom stereocenters. The number of aryl methyl sites for hydroxylation is 1. The normalized spacial score (nSPS) is 11.2. The predicted octanol–water partition coefficient (Wildman–Crippen LogP) is 2.99. The molecule has 0 bridgehead atoms. The Labute approximate surface area is 92.0 Å². The highest BCUT2D eigenvalue weighted by molar-refractivity contribution is 5.81. The van der Waals surface area contributed by atoms with Crippen molar-refractivity contribution in [2.24, 2.45) is 5.73 Å². The molecule has 0 aliphatic heterocycles. The van der Waals surface area contributed by atoms with Gasteiger partial charge in [-0.25, -0.2) is 8.78 Å². The Kier molecular flexibility index (Phi) is 3.19. The summed E-state index contributed by atoms with van der Waals surface area (Å²) in [6.07, 6.45) is 3.49. The van der Waals surface area contributed by atoms with E-state index in [0.29, 0.717) is 29.5 Å². The highest BCUT2D eigenvalue weighted by Crippen LogP contribution is 2.26. The second-order valence-electron chi connectivity index (χ2n) is 3.73. The Morgan fingerprint density at radius 3 is 2.75 bits per heavy atom. The summed E-state index contributed by atoms with van der Waals surface area (Å²) >= 11 is 0. The van der Waals surface area contributed by atoms with Crippen molar-refractivity contribution in [2.45, 2.75) is 19.3 Å². The molecule has 16 heavy (non-hydrogen) atoms. The van der Waals surface area contributed by atoms with Crippen LogP contribution in [0.25, 0.3) is 11.0 Å². The molecule has 4 heteroatoms.